The predicted molar refractivity (Wildman–Crippen MR) is 126 cm³/mol. The molecule has 0 spiro atoms. The smallest absolute Gasteiger partial charge is 0.230 e. The van der Waals surface area contributed by atoms with Gasteiger partial charge in [0.15, 0.2) is 0 Å². The highest BCUT2D eigenvalue weighted by Gasteiger charge is 2.59. The quantitative estimate of drug-likeness (QED) is 0.532. The molecule has 2 aromatic heterocycles. The molecule has 0 unspecified atom stereocenters. The number of nitrogens with one attached hydrogen (secondary N) is 1. The second kappa shape index (κ2) is 7.66. The number of amides is 1. The number of halogens is 1. The Morgan fingerprint density at radius 1 is 1.06 bits per heavy atom. The lowest BCUT2D eigenvalue weighted by atomic mass is 9.82. The van der Waals surface area contributed by atoms with Gasteiger partial charge in [-0.2, -0.15) is 0 Å². The lowest BCUT2D eigenvalue weighted by Gasteiger charge is -2.24. The molecule has 0 radical (unpaired) electrons. The molecular formula is C28H26FN3O. The number of carbonyl (C=O) groups excluding carboxylic acids is 1. The molecule has 1 aromatic carbocycles. The molecule has 3 fully saturated rings. The van der Waals surface area contributed by atoms with Crippen LogP contribution in [-0.4, -0.2) is 15.9 Å². The highest BCUT2D eigenvalue weighted by Crippen LogP contribution is 2.63. The van der Waals surface area contributed by atoms with Gasteiger partial charge in [0.2, 0.25) is 5.91 Å². The average Bonchev–Trinajstić information content (AvgIpc) is 3.40. The zero-order valence-corrected chi connectivity index (χ0v) is 18.4. The molecule has 4 nitrogen and oxygen atoms in total. The number of terminal acetylenes is 1. The van der Waals surface area contributed by atoms with Gasteiger partial charge >= 0.3 is 0 Å². The van der Waals surface area contributed by atoms with E-state index in [1.54, 1.807) is 24.4 Å². The van der Waals surface area contributed by atoms with Gasteiger partial charge in [-0.3, -0.25) is 9.78 Å². The number of benzene rings is 1. The summed E-state index contributed by atoms with van der Waals surface area (Å²) in [6.45, 7) is 0. The third-order valence-corrected chi connectivity index (χ3v) is 8.38. The largest absolute Gasteiger partial charge is 0.324 e. The van der Waals surface area contributed by atoms with Crippen molar-refractivity contribution < 1.29 is 9.18 Å². The van der Waals surface area contributed by atoms with Crippen molar-refractivity contribution in [3.8, 4) is 12.3 Å². The Balaban J connectivity index is 1.15. The van der Waals surface area contributed by atoms with E-state index in [9.17, 15) is 9.18 Å². The van der Waals surface area contributed by atoms with E-state index in [1.807, 2.05) is 12.3 Å². The molecule has 0 aliphatic heterocycles. The fourth-order valence-corrected chi connectivity index (χ4v) is 6.58. The van der Waals surface area contributed by atoms with Crippen molar-refractivity contribution in [3.05, 3.63) is 65.9 Å². The van der Waals surface area contributed by atoms with Gasteiger partial charge < -0.3 is 5.32 Å². The minimum absolute atomic E-state index is 0.134. The van der Waals surface area contributed by atoms with Gasteiger partial charge in [-0.15, -0.1) is 6.42 Å². The summed E-state index contributed by atoms with van der Waals surface area (Å²) in [6, 6.07) is 10.5. The van der Waals surface area contributed by atoms with Crippen LogP contribution in [0.4, 0.5) is 10.1 Å². The molecule has 0 saturated heterocycles. The molecule has 1 amide bonds. The summed E-state index contributed by atoms with van der Waals surface area (Å²) in [5, 5.41) is 4.03. The molecule has 6 rings (SSSR count). The lowest BCUT2D eigenvalue weighted by molar-refractivity contribution is -0.123. The van der Waals surface area contributed by atoms with Crippen molar-refractivity contribution >= 4 is 22.5 Å². The Kier molecular flexibility index (Phi) is 4.72. The summed E-state index contributed by atoms with van der Waals surface area (Å²) in [5.41, 5.74) is 3.14. The number of anilines is 1. The normalized spacial score (nSPS) is 27.2. The Morgan fingerprint density at radius 3 is 2.52 bits per heavy atom. The Bertz CT molecular complexity index is 1260. The van der Waals surface area contributed by atoms with Gasteiger partial charge in [0.05, 0.1) is 22.8 Å². The van der Waals surface area contributed by atoms with E-state index in [1.165, 1.54) is 11.6 Å². The molecular weight excluding hydrogens is 413 g/mol. The van der Waals surface area contributed by atoms with Crippen LogP contribution >= 0.6 is 0 Å². The highest BCUT2D eigenvalue weighted by atomic mass is 19.1. The molecule has 0 bridgehead atoms. The summed E-state index contributed by atoms with van der Waals surface area (Å²) in [7, 11) is 0. The third-order valence-electron chi connectivity index (χ3n) is 8.38. The van der Waals surface area contributed by atoms with Gasteiger partial charge in [0.1, 0.15) is 11.5 Å². The molecule has 3 aliphatic rings. The minimum Gasteiger partial charge on any atom is -0.324 e. The lowest BCUT2D eigenvalue weighted by Crippen LogP contribution is -2.30. The van der Waals surface area contributed by atoms with E-state index >= 15 is 0 Å². The van der Waals surface area contributed by atoms with Crippen molar-refractivity contribution in [2.45, 2.75) is 44.4 Å². The van der Waals surface area contributed by atoms with Gasteiger partial charge in [-0.25, -0.2) is 9.37 Å². The number of fused-ring (bicyclic) bond motifs is 2. The molecule has 1 N–H and O–H groups in total. The van der Waals surface area contributed by atoms with Crippen molar-refractivity contribution in [1.29, 1.82) is 0 Å². The van der Waals surface area contributed by atoms with Crippen LogP contribution in [0.15, 0.2) is 48.8 Å². The van der Waals surface area contributed by atoms with Crippen LogP contribution in [-0.2, 0) is 4.79 Å². The van der Waals surface area contributed by atoms with Crippen molar-refractivity contribution in [3.63, 3.8) is 0 Å². The Morgan fingerprint density at radius 2 is 1.85 bits per heavy atom. The molecule has 4 atom stereocenters. The second-order valence-electron chi connectivity index (χ2n) is 10.1. The summed E-state index contributed by atoms with van der Waals surface area (Å²) in [6.07, 6.45) is 15.2. The van der Waals surface area contributed by atoms with Crippen molar-refractivity contribution in [1.82, 2.24) is 9.97 Å². The fraction of sp³-hybridized carbons (Fsp3) is 0.393. The summed E-state index contributed by atoms with van der Waals surface area (Å²) in [4.78, 5) is 21.8. The first-order chi connectivity index (χ1) is 16.1. The Hall–Kier alpha value is -3.26. The topological polar surface area (TPSA) is 54.9 Å². The van der Waals surface area contributed by atoms with Crippen LogP contribution in [0, 0.1) is 41.3 Å². The number of aromatic nitrogens is 2. The monoisotopic (exact) mass is 439 g/mol. The number of hydrogen-bond acceptors (Lipinski definition) is 3. The number of hydrogen-bond donors (Lipinski definition) is 1. The third kappa shape index (κ3) is 3.49. The maximum absolute atomic E-state index is 13.9. The highest BCUT2D eigenvalue weighted by molar-refractivity contribution is 5.97. The molecule has 5 heteroatoms. The number of pyridine rings is 2. The van der Waals surface area contributed by atoms with Gasteiger partial charge in [0, 0.05) is 11.6 Å². The van der Waals surface area contributed by atoms with E-state index in [0.717, 1.165) is 49.4 Å². The first-order valence-corrected chi connectivity index (χ1v) is 11.8. The van der Waals surface area contributed by atoms with E-state index in [4.69, 9.17) is 6.42 Å². The second-order valence-corrected chi connectivity index (χ2v) is 10.1. The maximum atomic E-state index is 13.9. The fourth-order valence-electron chi connectivity index (χ4n) is 6.58. The zero-order chi connectivity index (χ0) is 22.6. The molecule has 3 aromatic rings. The van der Waals surface area contributed by atoms with Gasteiger partial charge in [-0.05, 0) is 104 Å². The van der Waals surface area contributed by atoms with Crippen LogP contribution in [0.2, 0.25) is 0 Å². The summed E-state index contributed by atoms with van der Waals surface area (Å²) >= 11 is 0. The maximum Gasteiger partial charge on any atom is 0.230 e. The minimum atomic E-state index is -0.225. The predicted octanol–water partition coefficient (Wildman–Crippen LogP) is 5.69. The molecule has 3 saturated carbocycles. The standard InChI is InChI=1S/C28H26FN3O/c1-2-22-4-5-23(16-31-22)32-27(33)28(8-9-28)20-13-17-11-19(12-18(17)14-20)24-7-10-30-26-6-3-21(29)15-25(24)26/h1,3-7,10,15-20H,8-9,11-14H2,(H,32,33)/t17-,18+,19-,20-. The summed E-state index contributed by atoms with van der Waals surface area (Å²) in [5.74, 6) is 4.59. The van der Waals surface area contributed by atoms with Crippen LogP contribution in [0.3, 0.4) is 0 Å². The first-order valence-electron chi connectivity index (χ1n) is 11.8. The van der Waals surface area contributed by atoms with Crippen molar-refractivity contribution in [2.75, 3.05) is 5.32 Å². The molecule has 2 heterocycles. The number of carbonyl (C=O) groups is 1. The van der Waals surface area contributed by atoms with Gasteiger partial charge in [0.25, 0.3) is 0 Å². The zero-order valence-electron chi connectivity index (χ0n) is 18.4. The molecule has 33 heavy (non-hydrogen) atoms. The van der Waals surface area contributed by atoms with Crippen molar-refractivity contribution in [2.24, 2.45) is 23.2 Å². The van der Waals surface area contributed by atoms with E-state index < -0.39 is 0 Å². The van der Waals surface area contributed by atoms with E-state index in [-0.39, 0.29) is 17.1 Å². The number of nitrogens with zero attached hydrogens (tertiary/aromatic N) is 2. The van der Waals surface area contributed by atoms with Gasteiger partial charge in [-0.1, -0.05) is 5.92 Å². The molecule has 3 aliphatic carbocycles. The molecule has 166 valence electrons. The first kappa shape index (κ1) is 20.4. The van der Waals surface area contributed by atoms with Crippen LogP contribution in [0.25, 0.3) is 10.9 Å². The average molecular weight is 440 g/mol. The number of rotatable bonds is 4. The van der Waals surface area contributed by atoms with Crippen LogP contribution in [0.5, 0.6) is 0 Å². The van der Waals surface area contributed by atoms with E-state index in [0.29, 0.717) is 35.1 Å². The van der Waals surface area contributed by atoms with Crippen LogP contribution < -0.4 is 5.32 Å². The Labute approximate surface area is 193 Å². The van der Waals surface area contributed by atoms with E-state index in [2.05, 4.69) is 27.3 Å². The van der Waals surface area contributed by atoms with Crippen LogP contribution in [0.1, 0.15) is 55.7 Å². The summed E-state index contributed by atoms with van der Waals surface area (Å²) < 4.78 is 13.9. The SMILES string of the molecule is C#Cc1ccc(NC(=O)C2([C@@H]3C[C@H]4C[C@@H](c5ccnc6ccc(F)cc56)C[C@H]4C3)CC2)cn1.